The Bertz CT molecular complexity index is 583. The quantitative estimate of drug-likeness (QED) is 0.912. The highest BCUT2D eigenvalue weighted by Crippen LogP contribution is 2.28. The number of hydrogen-bond acceptors (Lipinski definition) is 4. The number of carboxylic acids is 1. The van der Waals surface area contributed by atoms with Crippen LogP contribution in [0.15, 0.2) is 24.4 Å². The van der Waals surface area contributed by atoms with E-state index in [1.54, 1.807) is 24.4 Å². The van der Waals surface area contributed by atoms with E-state index in [0.717, 1.165) is 5.56 Å². The lowest BCUT2D eigenvalue weighted by Gasteiger charge is -2.03. The van der Waals surface area contributed by atoms with E-state index in [2.05, 4.69) is 10.3 Å². The fourth-order valence-electron chi connectivity index (χ4n) is 1.47. The number of carboxylic acid groups (broad SMARTS) is 1. The Hall–Kier alpha value is -2.08. The number of aromatic nitrogens is 3. The number of hydrogen-bond donors (Lipinski definition) is 1. The number of rotatable bonds is 4. The number of aliphatic carboxylic acids is 1. The lowest BCUT2D eigenvalue weighted by molar-refractivity contribution is -0.137. The van der Waals surface area contributed by atoms with Gasteiger partial charge in [-0.1, -0.05) is 16.8 Å². The first-order chi connectivity index (χ1) is 8.60. The molecule has 0 aliphatic rings. The first kappa shape index (κ1) is 12.4. The number of carbonyl (C=O) groups is 1. The molecule has 0 radical (unpaired) electrons. The first-order valence-corrected chi connectivity index (χ1v) is 5.44. The summed E-state index contributed by atoms with van der Waals surface area (Å²) in [6.07, 6.45) is 1.55. The van der Waals surface area contributed by atoms with Gasteiger partial charge in [0.05, 0.1) is 18.3 Å². The normalized spacial score (nSPS) is 10.3. The number of methoxy groups -OCH3 is 1. The number of nitrogens with zero attached hydrogens (tertiary/aromatic N) is 3. The molecule has 18 heavy (non-hydrogen) atoms. The van der Waals surface area contributed by atoms with Gasteiger partial charge >= 0.3 is 5.97 Å². The van der Waals surface area contributed by atoms with Crippen LogP contribution in [-0.2, 0) is 11.3 Å². The molecule has 0 saturated carbocycles. The van der Waals surface area contributed by atoms with Crippen LogP contribution in [0, 0.1) is 0 Å². The molecule has 6 nitrogen and oxygen atoms in total. The van der Waals surface area contributed by atoms with Crippen molar-refractivity contribution in [1.29, 1.82) is 0 Å². The van der Waals surface area contributed by atoms with Gasteiger partial charge in [-0.25, -0.2) is 4.68 Å². The summed E-state index contributed by atoms with van der Waals surface area (Å²) in [7, 11) is 1.53. The molecule has 0 saturated heterocycles. The molecule has 0 aliphatic heterocycles. The van der Waals surface area contributed by atoms with Crippen molar-refractivity contribution < 1.29 is 14.6 Å². The van der Waals surface area contributed by atoms with Gasteiger partial charge in [-0.3, -0.25) is 4.79 Å². The fourth-order valence-corrected chi connectivity index (χ4v) is 1.73. The van der Waals surface area contributed by atoms with Crippen molar-refractivity contribution in [2.24, 2.45) is 0 Å². The molecule has 94 valence electrons. The van der Waals surface area contributed by atoms with E-state index in [0.29, 0.717) is 16.5 Å². The highest BCUT2D eigenvalue weighted by molar-refractivity contribution is 6.32. The van der Waals surface area contributed by atoms with Crippen molar-refractivity contribution in [3.63, 3.8) is 0 Å². The van der Waals surface area contributed by atoms with Crippen molar-refractivity contribution >= 4 is 17.6 Å². The van der Waals surface area contributed by atoms with E-state index in [4.69, 9.17) is 21.4 Å². The molecule has 0 aliphatic carbocycles. The van der Waals surface area contributed by atoms with Crippen LogP contribution < -0.4 is 4.74 Å². The number of ether oxygens (including phenoxy) is 1. The highest BCUT2D eigenvalue weighted by Gasteiger charge is 2.08. The van der Waals surface area contributed by atoms with Crippen molar-refractivity contribution in [3.05, 3.63) is 29.4 Å². The number of halogens is 1. The highest BCUT2D eigenvalue weighted by atomic mass is 35.5. The Morgan fingerprint density at radius 2 is 2.33 bits per heavy atom. The minimum Gasteiger partial charge on any atom is -0.495 e. The van der Waals surface area contributed by atoms with Gasteiger partial charge in [0.1, 0.15) is 18.0 Å². The summed E-state index contributed by atoms with van der Waals surface area (Å²) in [5.74, 6) is -0.405. The maximum absolute atomic E-state index is 10.5. The van der Waals surface area contributed by atoms with Crippen LogP contribution in [0.1, 0.15) is 0 Å². The molecule has 0 unspecified atom stereocenters. The third-order valence-electron chi connectivity index (χ3n) is 2.28. The minimum atomic E-state index is -0.973. The van der Waals surface area contributed by atoms with Crippen LogP contribution in [-0.4, -0.2) is 33.2 Å². The number of benzene rings is 1. The summed E-state index contributed by atoms with van der Waals surface area (Å²) in [4.78, 5) is 10.5. The summed E-state index contributed by atoms with van der Waals surface area (Å²) in [5, 5.41) is 16.7. The van der Waals surface area contributed by atoms with Crippen LogP contribution in [0.25, 0.3) is 11.3 Å². The zero-order valence-electron chi connectivity index (χ0n) is 9.50. The summed E-state index contributed by atoms with van der Waals surface area (Å²) in [5.41, 5.74) is 1.30. The SMILES string of the molecule is COc1ccc(-c2cn(CC(=O)O)nn2)cc1Cl. The van der Waals surface area contributed by atoms with Crippen LogP contribution in [0.5, 0.6) is 5.75 Å². The standard InChI is InChI=1S/C11H10ClN3O3/c1-18-10-3-2-7(4-8(10)12)9-5-15(14-13-9)6-11(16)17/h2-5H,6H2,1H3,(H,16,17). The lowest BCUT2D eigenvalue weighted by atomic mass is 10.1. The van der Waals surface area contributed by atoms with Crippen molar-refractivity contribution in [1.82, 2.24) is 15.0 Å². The zero-order valence-corrected chi connectivity index (χ0v) is 10.3. The van der Waals surface area contributed by atoms with Crippen molar-refractivity contribution in [3.8, 4) is 17.0 Å². The molecule has 2 rings (SSSR count). The molecule has 0 amide bonds. The van der Waals surface area contributed by atoms with Crippen LogP contribution in [0.2, 0.25) is 5.02 Å². The van der Waals surface area contributed by atoms with Gasteiger partial charge in [-0.15, -0.1) is 5.10 Å². The lowest BCUT2D eigenvalue weighted by Crippen LogP contribution is -2.08. The molecular weight excluding hydrogens is 258 g/mol. The predicted octanol–water partition coefficient (Wildman–Crippen LogP) is 1.69. The third-order valence-corrected chi connectivity index (χ3v) is 2.58. The molecule has 1 N–H and O–H groups in total. The van der Waals surface area contributed by atoms with Crippen molar-refractivity contribution in [2.75, 3.05) is 7.11 Å². The second-order valence-corrected chi connectivity index (χ2v) is 3.95. The Morgan fingerprint density at radius 3 is 2.94 bits per heavy atom. The maximum Gasteiger partial charge on any atom is 0.325 e. The topological polar surface area (TPSA) is 77.2 Å². The monoisotopic (exact) mass is 267 g/mol. The van der Waals surface area contributed by atoms with Gasteiger partial charge in [0, 0.05) is 5.56 Å². The van der Waals surface area contributed by atoms with Crippen LogP contribution in [0.4, 0.5) is 0 Å². The zero-order chi connectivity index (χ0) is 13.1. The van der Waals surface area contributed by atoms with E-state index in [-0.39, 0.29) is 6.54 Å². The van der Waals surface area contributed by atoms with E-state index >= 15 is 0 Å². The molecule has 1 aromatic carbocycles. The smallest absolute Gasteiger partial charge is 0.325 e. The molecular formula is C11H10ClN3O3. The Morgan fingerprint density at radius 1 is 1.56 bits per heavy atom. The van der Waals surface area contributed by atoms with Gasteiger partial charge < -0.3 is 9.84 Å². The molecule has 1 aromatic heterocycles. The van der Waals surface area contributed by atoms with Crippen molar-refractivity contribution in [2.45, 2.75) is 6.54 Å². The Kier molecular flexibility index (Phi) is 3.47. The molecule has 0 bridgehead atoms. The largest absolute Gasteiger partial charge is 0.495 e. The van der Waals surface area contributed by atoms with E-state index in [1.807, 2.05) is 0 Å². The van der Waals surface area contributed by atoms with Gasteiger partial charge in [0.2, 0.25) is 0 Å². The van der Waals surface area contributed by atoms with Crippen LogP contribution in [0.3, 0.4) is 0 Å². The molecule has 0 spiro atoms. The fraction of sp³-hybridized carbons (Fsp3) is 0.182. The summed E-state index contributed by atoms with van der Waals surface area (Å²) in [6, 6.07) is 5.18. The second-order valence-electron chi connectivity index (χ2n) is 3.54. The third kappa shape index (κ3) is 2.60. The average molecular weight is 268 g/mol. The molecule has 7 heteroatoms. The Labute approximate surface area is 108 Å². The average Bonchev–Trinajstić information content (AvgIpc) is 2.76. The van der Waals surface area contributed by atoms with Crippen LogP contribution >= 0.6 is 11.6 Å². The minimum absolute atomic E-state index is 0.225. The first-order valence-electron chi connectivity index (χ1n) is 5.06. The van der Waals surface area contributed by atoms with E-state index in [9.17, 15) is 4.79 Å². The second kappa shape index (κ2) is 5.05. The molecule has 2 aromatic rings. The van der Waals surface area contributed by atoms with Gasteiger partial charge in [-0.2, -0.15) is 0 Å². The van der Waals surface area contributed by atoms with Gasteiger partial charge in [0.15, 0.2) is 0 Å². The maximum atomic E-state index is 10.5. The van der Waals surface area contributed by atoms with Gasteiger partial charge in [-0.05, 0) is 18.2 Å². The van der Waals surface area contributed by atoms with E-state index < -0.39 is 5.97 Å². The predicted molar refractivity (Wildman–Crippen MR) is 64.7 cm³/mol. The molecule has 0 fully saturated rings. The summed E-state index contributed by atoms with van der Waals surface area (Å²) in [6.45, 7) is -0.225. The van der Waals surface area contributed by atoms with E-state index in [1.165, 1.54) is 11.8 Å². The Balaban J connectivity index is 2.28. The summed E-state index contributed by atoms with van der Waals surface area (Å²) < 4.78 is 6.29. The summed E-state index contributed by atoms with van der Waals surface area (Å²) >= 11 is 6.00. The van der Waals surface area contributed by atoms with Gasteiger partial charge in [0.25, 0.3) is 0 Å². The molecule has 1 heterocycles. The molecule has 0 atom stereocenters.